The fourth-order valence-corrected chi connectivity index (χ4v) is 3.17. The van der Waals surface area contributed by atoms with Crippen LogP contribution < -0.4 is 0 Å². The zero-order valence-corrected chi connectivity index (χ0v) is 14.6. The van der Waals surface area contributed by atoms with Crippen molar-refractivity contribution in [3.05, 3.63) is 87.5 Å². The van der Waals surface area contributed by atoms with E-state index >= 15 is 0 Å². The highest BCUT2D eigenvalue weighted by Crippen LogP contribution is 2.34. The van der Waals surface area contributed by atoms with Gasteiger partial charge < -0.3 is 0 Å². The van der Waals surface area contributed by atoms with Crippen LogP contribution in [0.1, 0.15) is 0 Å². The van der Waals surface area contributed by atoms with Crippen LogP contribution in [0.3, 0.4) is 0 Å². The summed E-state index contributed by atoms with van der Waals surface area (Å²) >= 11 is 3.39. The van der Waals surface area contributed by atoms with Crippen molar-refractivity contribution in [1.29, 1.82) is 0 Å². The van der Waals surface area contributed by atoms with Crippen LogP contribution in [0.4, 0.5) is 5.69 Å². The topological polar surface area (TPSA) is 61.0 Å². The van der Waals surface area contributed by atoms with E-state index in [0.29, 0.717) is 5.56 Å². The monoisotopic (exact) mass is 393 g/mol. The van der Waals surface area contributed by atoms with Crippen LogP contribution in [0.15, 0.2) is 77.4 Å². The summed E-state index contributed by atoms with van der Waals surface area (Å²) in [6.45, 7) is 0. The molecule has 5 nitrogen and oxygen atoms in total. The Morgan fingerprint density at radius 2 is 1.80 bits per heavy atom. The second-order valence-corrected chi connectivity index (χ2v) is 6.52. The van der Waals surface area contributed by atoms with Gasteiger partial charge in [-0.05, 0) is 42.0 Å². The molecule has 1 aromatic heterocycles. The second-order valence-electron chi connectivity index (χ2n) is 5.60. The number of hydrogen-bond acceptors (Lipinski definition) is 3. The Hall–Kier alpha value is -2.99. The maximum absolute atomic E-state index is 11.3. The normalized spacial score (nSPS) is 10.9. The molecule has 1 heterocycles. The minimum Gasteiger partial charge on any atom is -0.258 e. The van der Waals surface area contributed by atoms with Gasteiger partial charge >= 0.3 is 0 Å². The number of benzene rings is 3. The minimum atomic E-state index is -0.362. The number of nitrogens with zero attached hydrogens (tertiary/aromatic N) is 3. The van der Waals surface area contributed by atoms with E-state index in [2.05, 4.69) is 21.0 Å². The number of aromatic nitrogens is 2. The molecule has 0 atom stereocenters. The van der Waals surface area contributed by atoms with Gasteiger partial charge in [0.2, 0.25) is 0 Å². The van der Waals surface area contributed by atoms with Crippen molar-refractivity contribution in [1.82, 2.24) is 9.78 Å². The third-order valence-electron chi connectivity index (χ3n) is 3.99. The van der Waals surface area contributed by atoms with Gasteiger partial charge in [-0.25, -0.2) is 4.68 Å². The number of para-hydroxylation sites is 1. The number of halogens is 1. The molecule has 4 aromatic rings. The Morgan fingerprint density at radius 1 is 1.00 bits per heavy atom. The fraction of sp³-hybridized carbons (Fsp3) is 0. The van der Waals surface area contributed by atoms with Gasteiger partial charge in [0.1, 0.15) is 0 Å². The number of nitro benzene ring substituents is 1. The summed E-state index contributed by atoms with van der Waals surface area (Å²) in [5.41, 5.74) is 3.25. The number of fused-ring (bicyclic) bond motifs is 1. The predicted octanol–water partition coefficient (Wildman–Crippen LogP) is 5.36. The van der Waals surface area contributed by atoms with Gasteiger partial charge in [0, 0.05) is 22.1 Å². The molecule has 0 aliphatic rings. The van der Waals surface area contributed by atoms with E-state index in [1.807, 2.05) is 59.4 Å². The molecule has 0 amide bonds. The summed E-state index contributed by atoms with van der Waals surface area (Å²) in [5, 5.41) is 16.8. The lowest BCUT2D eigenvalue weighted by atomic mass is 10.0. The van der Waals surface area contributed by atoms with Crippen molar-refractivity contribution in [3.63, 3.8) is 0 Å². The third-order valence-corrected chi connectivity index (χ3v) is 4.48. The number of rotatable bonds is 3. The standard InChI is InChI=1S/C19H12BrN3O2/c20-15-7-9-19(23(24)25)17(11-15)13-6-8-18-14(10-13)12-22(21-18)16-4-2-1-3-5-16/h1-12H. The fourth-order valence-electron chi connectivity index (χ4n) is 2.80. The van der Waals surface area contributed by atoms with Crippen LogP contribution in [-0.2, 0) is 0 Å². The van der Waals surface area contributed by atoms with Gasteiger partial charge in [-0.1, -0.05) is 40.2 Å². The molecule has 0 aliphatic carbocycles. The average molecular weight is 394 g/mol. The van der Waals surface area contributed by atoms with Gasteiger partial charge in [-0.15, -0.1) is 0 Å². The van der Waals surface area contributed by atoms with Crippen molar-refractivity contribution >= 4 is 32.5 Å². The first-order chi connectivity index (χ1) is 12.1. The van der Waals surface area contributed by atoms with Crippen LogP contribution in [-0.4, -0.2) is 14.7 Å². The molecule has 0 saturated heterocycles. The smallest absolute Gasteiger partial charge is 0.258 e. The van der Waals surface area contributed by atoms with Crippen molar-refractivity contribution in [2.45, 2.75) is 0 Å². The lowest BCUT2D eigenvalue weighted by molar-refractivity contribution is -0.384. The first kappa shape index (κ1) is 15.5. The van der Waals surface area contributed by atoms with E-state index in [4.69, 9.17) is 0 Å². The largest absolute Gasteiger partial charge is 0.277 e. The van der Waals surface area contributed by atoms with Gasteiger partial charge in [0.15, 0.2) is 0 Å². The molecule has 0 unspecified atom stereocenters. The van der Waals surface area contributed by atoms with Crippen LogP contribution in [0.2, 0.25) is 0 Å². The van der Waals surface area contributed by atoms with Gasteiger partial charge in [-0.2, -0.15) is 5.10 Å². The molecule has 3 aromatic carbocycles. The Balaban J connectivity index is 1.85. The van der Waals surface area contributed by atoms with E-state index in [-0.39, 0.29) is 10.6 Å². The summed E-state index contributed by atoms with van der Waals surface area (Å²) < 4.78 is 2.61. The number of hydrogen-bond donors (Lipinski definition) is 0. The molecular formula is C19H12BrN3O2. The number of nitro groups is 1. The van der Waals surface area contributed by atoms with Crippen LogP contribution in [0, 0.1) is 10.1 Å². The van der Waals surface area contributed by atoms with Crippen LogP contribution >= 0.6 is 15.9 Å². The second kappa shape index (κ2) is 6.14. The van der Waals surface area contributed by atoms with Gasteiger partial charge in [0.05, 0.1) is 21.7 Å². The molecule has 6 heteroatoms. The zero-order chi connectivity index (χ0) is 17.4. The van der Waals surface area contributed by atoms with Crippen molar-refractivity contribution in [2.24, 2.45) is 0 Å². The third kappa shape index (κ3) is 2.92. The quantitative estimate of drug-likeness (QED) is 0.347. The van der Waals surface area contributed by atoms with Crippen LogP contribution in [0.25, 0.3) is 27.7 Å². The molecule has 0 radical (unpaired) electrons. The highest BCUT2D eigenvalue weighted by Gasteiger charge is 2.16. The van der Waals surface area contributed by atoms with E-state index in [1.54, 1.807) is 12.1 Å². The summed E-state index contributed by atoms with van der Waals surface area (Å²) in [7, 11) is 0. The maximum Gasteiger partial charge on any atom is 0.277 e. The molecule has 0 spiro atoms. The highest BCUT2D eigenvalue weighted by atomic mass is 79.9. The van der Waals surface area contributed by atoms with E-state index in [1.165, 1.54) is 6.07 Å². The lowest BCUT2D eigenvalue weighted by Gasteiger charge is -2.04. The summed E-state index contributed by atoms with van der Waals surface area (Å²) in [5.74, 6) is 0. The average Bonchev–Trinajstić information content (AvgIpc) is 3.05. The zero-order valence-electron chi connectivity index (χ0n) is 13.0. The Morgan fingerprint density at radius 3 is 2.56 bits per heavy atom. The predicted molar refractivity (Wildman–Crippen MR) is 101 cm³/mol. The molecule has 0 N–H and O–H groups in total. The molecule has 25 heavy (non-hydrogen) atoms. The minimum absolute atomic E-state index is 0.0815. The highest BCUT2D eigenvalue weighted by molar-refractivity contribution is 9.10. The summed E-state index contributed by atoms with van der Waals surface area (Å²) in [4.78, 5) is 11.0. The Labute approximate surface area is 151 Å². The lowest BCUT2D eigenvalue weighted by Crippen LogP contribution is -1.92. The SMILES string of the molecule is O=[N+]([O-])c1ccc(Br)cc1-c1ccc2nn(-c3ccccc3)cc2c1. The summed E-state index contributed by atoms with van der Waals surface area (Å²) in [6, 6.07) is 20.4. The van der Waals surface area contributed by atoms with E-state index in [9.17, 15) is 10.1 Å². The molecular weight excluding hydrogens is 382 g/mol. The Bertz CT molecular complexity index is 1090. The molecule has 0 aliphatic heterocycles. The van der Waals surface area contributed by atoms with Crippen molar-refractivity contribution in [2.75, 3.05) is 0 Å². The maximum atomic E-state index is 11.3. The first-order valence-electron chi connectivity index (χ1n) is 7.61. The van der Waals surface area contributed by atoms with Gasteiger partial charge in [-0.3, -0.25) is 10.1 Å². The molecule has 4 rings (SSSR count). The van der Waals surface area contributed by atoms with E-state index in [0.717, 1.165) is 26.6 Å². The molecule has 122 valence electrons. The van der Waals surface area contributed by atoms with Gasteiger partial charge in [0.25, 0.3) is 5.69 Å². The van der Waals surface area contributed by atoms with Crippen molar-refractivity contribution in [3.8, 4) is 16.8 Å². The Kier molecular flexibility index (Phi) is 3.82. The molecule has 0 saturated carbocycles. The molecule has 0 bridgehead atoms. The van der Waals surface area contributed by atoms with E-state index < -0.39 is 0 Å². The van der Waals surface area contributed by atoms with Crippen LogP contribution in [0.5, 0.6) is 0 Å². The van der Waals surface area contributed by atoms with Crippen molar-refractivity contribution < 1.29 is 4.92 Å². The first-order valence-corrected chi connectivity index (χ1v) is 8.40. The molecule has 0 fully saturated rings. The summed E-state index contributed by atoms with van der Waals surface area (Å²) in [6.07, 6.45) is 1.93.